The van der Waals surface area contributed by atoms with Crippen LogP contribution in [-0.4, -0.2) is 27.5 Å². The second kappa shape index (κ2) is 6.04. The molecule has 1 aromatic rings. The molecule has 1 heterocycles. The fourth-order valence-corrected chi connectivity index (χ4v) is 3.19. The summed E-state index contributed by atoms with van der Waals surface area (Å²) < 4.78 is 0. The zero-order valence-corrected chi connectivity index (χ0v) is 11.2. The Morgan fingerprint density at radius 2 is 2.39 bits per heavy atom. The number of hydrogen-bond donors (Lipinski definition) is 1. The van der Waals surface area contributed by atoms with Crippen LogP contribution in [0.4, 0.5) is 11.5 Å². The van der Waals surface area contributed by atoms with Crippen molar-refractivity contribution in [2.24, 2.45) is 0 Å². The molecular weight excluding hydrogens is 250 g/mol. The van der Waals surface area contributed by atoms with E-state index in [-0.39, 0.29) is 5.82 Å². The van der Waals surface area contributed by atoms with Gasteiger partial charge in [-0.1, -0.05) is 6.42 Å². The van der Waals surface area contributed by atoms with Gasteiger partial charge in [0, 0.05) is 11.3 Å². The molecule has 0 aromatic carbocycles. The van der Waals surface area contributed by atoms with Gasteiger partial charge in [-0.05, 0) is 47.6 Å². The highest BCUT2D eigenvalue weighted by molar-refractivity contribution is 7.99. The number of pyridine rings is 1. The number of nitrogens with one attached hydrogen (secondary N) is 1. The third kappa shape index (κ3) is 3.13. The van der Waals surface area contributed by atoms with Gasteiger partial charge in [-0.2, -0.15) is 11.8 Å². The van der Waals surface area contributed by atoms with Gasteiger partial charge in [0.2, 0.25) is 0 Å². The minimum atomic E-state index is -0.433. The molecule has 1 N–H and O–H groups in total. The maximum atomic E-state index is 10.9. The van der Waals surface area contributed by atoms with E-state index < -0.39 is 4.92 Å². The number of aromatic nitrogens is 1. The zero-order valence-electron chi connectivity index (χ0n) is 10.3. The van der Waals surface area contributed by atoms with Crippen molar-refractivity contribution in [1.82, 2.24) is 4.98 Å². The second-order valence-electron chi connectivity index (χ2n) is 4.50. The highest BCUT2D eigenvalue weighted by atomic mass is 32.2. The number of hydrogen-bond acceptors (Lipinski definition) is 5. The summed E-state index contributed by atoms with van der Waals surface area (Å²) in [4.78, 5) is 14.3. The highest BCUT2D eigenvalue weighted by Crippen LogP contribution is 2.30. The van der Waals surface area contributed by atoms with Crippen LogP contribution >= 0.6 is 11.8 Å². The van der Waals surface area contributed by atoms with Crippen molar-refractivity contribution < 1.29 is 4.92 Å². The molecule has 18 heavy (non-hydrogen) atoms. The van der Waals surface area contributed by atoms with Gasteiger partial charge in [0.25, 0.3) is 0 Å². The zero-order chi connectivity index (χ0) is 13.0. The van der Waals surface area contributed by atoms with E-state index in [9.17, 15) is 10.1 Å². The van der Waals surface area contributed by atoms with Gasteiger partial charge in [-0.15, -0.1) is 0 Å². The summed E-state index contributed by atoms with van der Waals surface area (Å²) in [6.07, 6.45) is 8.14. The Morgan fingerprint density at radius 3 is 3.11 bits per heavy atom. The fraction of sp³-hybridized carbons (Fsp3) is 0.583. The minimum Gasteiger partial charge on any atom is -0.375 e. The quantitative estimate of drug-likeness (QED) is 0.670. The normalized spacial score (nSPS) is 23.6. The molecule has 0 aliphatic heterocycles. The Balaban J connectivity index is 2.07. The topological polar surface area (TPSA) is 68.1 Å². The lowest BCUT2D eigenvalue weighted by molar-refractivity contribution is -0.388. The summed E-state index contributed by atoms with van der Waals surface area (Å²) >= 11 is 1.88. The van der Waals surface area contributed by atoms with Crippen LogP contribution in [0, 0.1) is 10.1 Å². The molecule has 2 unspecified atom stereocenters. The molecule has 0 bridgehead atoms. The number of anilines is 1. The lowest BCUT2D eigenvalue weighted by atomic mass is 9.95. The summed E-state index contributed by atoms with van der Waals surface area (Å²) in [7, 11) is 0. The molecule has 1 saturated carbocycles. The molecule has 2 atom stereocenters. The van der Waals surface area contributed by atoms with Gasteiger partial charge >= 0.3 is 5.82 Å². The van der Waals surface area contributed by atoms with Gasteiger partial charge in [-0.3, -0.25) is 0 Å². The van der Waals surface area contributed by atoms with Crippen LogP contribution in [0.5, 0.6) is 0 Å². The molecule has 1 aromatic heterocycles. The van der Waals surface area contributed by atoms with E-state index in [0.29, 0.717) is 17.0 Å². The lowest BCUT2D eigenvalue weighted by Gasteiger charge is -2.29. The number of thioether (sulfide) groups is 1. The third-order valence-electron chi connectivity index (χ3n) is 3.28. The van der Waals surface area contributed by atoms with E-state index in [1.54, 1.807) is 12.1 Å². The van der Waals surface area contributed by atoms with Crippen LogP contribution in [0.25, 0.3) is 0 Å². The molecule has 0 saturated heterocycles. The smallest absolute Gasteiger partial charge is 0.375 e. The van der Waals surface area contributed by atoms with Crippen molar-refractivity contribution in [3.8, 4) is 0 Å². The largest absolute Gasteiger partial charge is 0.386 e. The van der Waals surface area contributed by atoms with Crippen LogP contribution in [-0.2, 0) is 0 Å². The minimum absolute atomic E-state index is 0.0798. The average Bonchev–Trinajstić information content (AvgIpc) is 2.39. The molecule has 1 aliphatic rings. The van der Waals surface area contributed by atoms with E-state index in [1.165, 1.54) is 19.0 Å². The lowest BCUT2D eigenvalue weighted by Crippen LogP contribution is -2.28. The number of nitrogens with zero attached hydrogens (tertiary/aromatic N) is 2. The van der Waals surface area contributed by atoms with Gasteiger partial charge in [0.15, 0.2) is 0 Å². The molecule has 0 spiro atoms. The Morgan fingerprint density at radius 1 is 1.56 bits per heavy atom. The molecule has 5 nitrogen and oxygen atoms in total. The SMILES string of the molecule is CSC1CCCC(Nc2cccnc2[N+](=O)[O-])C1. The fourth-order valence-electron chi connectivity index (χ4n) is 2.37. The first-order chi connectivity index (χ1) is 8.70. The van der Waals surface area contributed by atoms with Crippen LogP contribution in [0.15, 0.2) is 18.3 Å². The van der Waals surface area contributed by atoms with E-state index in [4.69, 9.17) is 0 Å². The second-order valence-corrected chi connectivity index (χ2v) is 5.64. The molecular formula is C12H17N3O2S. The van der Waals surface area contributed by atoms with Crippen molar-refractivity contribution in [2.45, 2.75) is 37.0 Å². The Bertz CT molecular complexity index is 428. The van der Waals surface area contributed by atoms with E-state index in [0.717, 1.165) is 12.8 Å². The monoisotopic (exact) mass is 267 g/mol. The summed E-state index contributed by atoms with van der Waals surface area (Å²) in [6.45, 7) is 0. The molecule has 98 valence electrons. The van der Waals surface area contributed by atoms with Crippen molar-refractivity contribution in [2.75, 3.05) is 11.6 Å². The van der Waals surface area contributed by atoms with Crippen LogP contribution in [0.2, 0.25) is 0 Å². The van der Waals surface area contributed by atoms with E-state index in [2.05, 4.69) is 16.6 Å². The van der Waals surface area contributed by atoms with Crippen LogP contribution in [0.3, 0.4) is 0 Å². The first kappa shape index (κ1) is 13.1. The van der Waals surface area contributed by atoms with E-state index in [1.807, 2.05) is 11.8 Å². The Kier molecular flexibility index (Phi) is 4.41. The number of nitro groups is 1. The highest BCUT2D eigenvalue weighted by Gasteiger charge is 2.23. The molecule has 1 fully saturated rings. The molecule has 6 heteroatoms. The number of rotatable bonds is 4. The summed E-state index contributed by atoms with van der Waals surface area (Å²) in [6, 6.07) is 3.78. The summed E-state index contributed by atoms with van der Waals surface area (Å²) in [5.41, 5.74) is 0.536. The van der Waals surface area contributed by atoms with Crippen molar-refractivity contribution in [1.29, 1.82) is 0 Å². The van der Waals surface area contributed by atoms with Gasteiger partial charge in [0.1, 0.15) is 11.9 Å². The summed E-state index contributed by atoms with van der Waals surface area (Å²) in [5, 5.41) is 14.8. The average molecular weight is 267 g/mol. The van der Waals surface area contributed by atoms with Crippen LogP contribution in [0.1, 0.15) is 25.7 Å². The maximum Gasteiger partial charge on any atom is 0.386 e. The molecule has 0 radical (unpaired) electrons. The predicted molar refractivity (Wildman–Crippen MR) is 74.1 cm³/mol. The van der Waals surface area contributed by atoms with Crippen molar-refractivity contribution >= 4 is 23.3 Å². The first-order valence-corrected chi connectivity index (χ1v) is 7.38. The van der Waals surface area contributed by atoms with Gasteiger partial charge in [0.05, 0.1) is 0 Å². The van der Waals surface area contributed by atoms with Gasteiger partial charge < -0.3 is 15.4 Å². The van der Waals surface area contributed by atoms with E-state index >= 15 is 0 Å². The standard InChI is InChI=1S/C12H17N3O2S/c1-18-10-5-2-4-9(8-10)14-11-6-3-7-13-12(11)15(16)17/h3,6-7,9-10,14H,2,4-5,8H2,1H3. The van der Waals surface area contributed by atoms with Crippen molar-refractivity contribution in [3.05, 3.63) is 28.4 Å². The summed E-state index contributed by atoms with van der Waals surface area (Å²) in [5.74, 6) is -0.0798. The van der Waals surface area contributed by atoms with Gasteiger partial charge in [-0.25, -0.2) is 0 Å². The molecule has 2 rings (SSSR count). The Hall–Kier alpha value is -1.30. The van der Waals surface area contributed by atoms with Crippen molar-refractivity contribution in [3.63, 3.8) is 0 Å². The first-order valence-electron chi connectivity index (χ1n) is 6.09. The maximum absolute atomic E-state index is 10.9. The third-order valence-corrected chi connectivity index (χ3v) is 4.37. The molecule has 0 amide bonds. The Labute approximate surface area is 111 Å². The molecule has 1 aliphatic carbocycles. The van der Waals surface area contributed by atoms with Crippen LogP contribution < -0.4 is 5.32 Å². The predicted octanol–water partition coefficient (Wildman–Crippen LogP) is 3.08.